The van der Waals surface area contributed by atoms with Crippen LogP contribution >= 0.6 is 15.9 Å². The highest BCUT2D eigenvalue weighted by Crippen LogP contribution is 2.39. The zero-order valence-electron chi connectivity index (χ0n) is 11.3. The van der Waals surface area contributed by atoms with E-state index in [1.54, 1.807) is 6.92 Å². The van der Waals surface area contributed by atoms with E-state index in [1.165, 1.54) is 23.8 Å². The molecule has 1 aliphatic heterocycles. The summed E-state index contributed by atoms with van der Waals surface area (Å²) in [5.41, 5.74) is -0.354. The molecule has 0 saturated heterocycles. The molecule has 3 rings (SSSR count). The van der Waals surface area contributed by atoms with E-state index in [4.69, 9.17) is 4.74 Å². The fourth-order valence-electron chi connectivity index (χ4n) is 2.51. The molecule has 0 unspecified atom stereocenters. The van der Waals surface area contributed by atoms with Crippen LogP contribution in [0.3, 0.4) is 0 Å². The van der Waals surface area contributed by atoms with Gasteiger partial charge in [-0.3, -0.25) is 9.36 Å². The Kier molecular flexibility index (Phi) is 3.24. The number of ether oxygens (including phenoxy) is 2. The van der Waals surface area contributed by atoms with Crippen molar-refractivity contribution in [2.45, 2.75) is 13.0 Å². The maximum absolute atomic E-state index is 14.2. The summed E-state index contributed by atoms with van der Waals surface area (Å²) < 4.78 is 26.2. The van der Waals surface area contributed by atoms with Gasteiger partial charge in [-0.1, -0.05) is 0 Å². The predicted molar refractivity (Wildman–Crippen MR) is 77.4 cm³/mol. The Hall–Kier alpha value is -1.89. The Labute approximate surface area is 127 Å². The maximum Gasteiger partial charge on any atom is 0.343 e. The lowest BCUT2D eigenvalue weighted by Gasteiger charge is -2.27. The Bertz CT molecular complexity index is 830. The topological polar surface area (TPSA) is 57.5 Å². The van der Waals surface area contributed by atoms with Crippen LogP contribution in [0.4, 0.5) is 4.39 Å². The number of pyridine rings is 1. The maximum atomic E-state index is 14.2. The van der Waals surface area contributed by atoms with Gasteiger partial charge in [0.25, 0.3) is 5.56 Å². The van der Waals surface area contributed by atoms with E-state index in [2.05, 4.69) is 20.7 Å². The van der Waals surface area contributed by atoms with Crippen LogP contribution in [0.1, 0.15) is 23.3 Å². The third kappa shape index (κ3) is 1.95. The Morgan fingerprint density at radius 2 is 2.24 bits per heavy atom. The Morgan fingerprint density at radius 3 is 2.90 bits per heavy atom. The van der Waals surface area contributed by atoms with Crippen molar-refractivity contribution in [1.29, 1.82) is 0 Å². The van der Waals surface area contributed by atoms with Crippen molar-refractivity contribution < 1.29 is 18.7 Å². The average Bonchev–Trinajstić information content (AvgIpc) is 2.45. The summed E-state index contributed by atoms with van der Waals surface area (Å²) in [6, 6.07) is 2.15. The first kappa shape index (κ1) is 14.1. The minimum Gasteiger partial charge on any atom is -0.488 e. The number of halogens is 2. The van der Waals surface area contributed by atoms with Crippen molar-refractivity contribution >= 4 is 32.8 Å². The molecule has 1 aromatic heterocycles. The van der Waals surface area contributed by atoms with Crippen LogP contribution in [-0.2, 0) is 4.74 Å². The molecule has 0 aliphatic carbocycles. The summed E-state index contributed by atoms with van der Waals surface area (Å²) in [7, 11) is 1.18. The van der Waals surface area contributed by atoms with Crippen molar-refractivity contribution in [2.75, 3.05) is 13.7 Å². The van der Waals surface area contributed by atoms with E-state index in [1.807, 2.05) is 0 Å². The predicted octanol–water partition coefficient (Wildman–Crippen LogP) is 2.64. The fraction of sp³-hybridized carbons (Fsp3) is 0.286. The minimum atomic E-state index is -0.784. The number of nitrogens with zero attached hydrogens (tertiary/aromatic N) is 1. The molecule has 2 aromatic rings. The number of benzene rings is 1. The molecule has 1 aliphatic rings. The molecule has 21 heavy (non-hydrogen) atoms. The fourth-order valence-corrected chi connectivity index (χ4v) is 3.01. The summed E-state index contributed by atoms with van der Waals surface area (Å²) in [5.74, 6) is -0.927. The highest BCUT2D eigenvalue weighted by molar-refractivity contribution is 9.10. The van der Waals surface area contributed by atoms with Crippen molar-refractivity contribution in [3.05, 3.63) is 38.3 Å². The lowest BCUT2D eigenvalue weighted by molar-refractivity contribution is 0.0597. The number of hydrogen-bond acceptors (Lipinski definition) is 4. The van der Waals surface area contributed by atoms with Gasteiger partial charge in [-0.15, -0.1) is 0 Å². The van der Waals surface area contributed by atoms with Crippen molar-refractivity contribution in [3.8, 4) is 5.75 Å². The first-order chi connectivity index (χ1) is 9.95. The van der Waals surface area contributed by atoms with Gasteiger partial charge in [-0.25, -0.2) is 9.18 Å². The highest BCUT2D eigenvalue weighted by Gasteiger charge is 2.28. The normalized spacial score (nSPS) is 16.7. The second kappa shape index (κ2) is 4.84. The molecule has 2 heterocycles. The standard InChI is InChI=1S/C14H11BrFNO4/c1-6-5-21-12-9(15)4-10(16)7-3-8(14(19)20-2)13(18)17(6)11(7)12/h3-4,6H,5H2,1-2H3/t6-/m0/s1. The Balaban J connectivity index is 2.53. The van der Waals surface area contributed by atoms with E-state index in [-0.39, 0.29) is 23.6 Å². The quantitative estimate of drug-likeness (QED) is 0.738. The minimum absolute atomic E-state index is 0.153. The van der Waals surface area contributed by atoms with Gasteiger partial charge < -0.3 is 9.47 Å². The van der Waals surface area contributed by atoms with Crippen molar-refractivity contribution in [1.82, 2.24) is 4.57 Å². The Morgan fingerprint density at radius 1 is 1.52 bits per heavy atom. The molecule has 0 bridgehead atoms. The van der Waals surface area contributed by atoms with Crippen LogP contribution in [0, 0.1) is 5.82 Å². The molecule has 7 heteroatoms. The number of carbonyl (C=O) groups is 1. The van der Waals surface area contributed by atoms with E-state index in [0.717, 1.165) is 0 Å². The third-order valence-corrected chi connectivity index (χ3v) is 4.08. The number of esters is 1. The van der Waals surface area contributed by atoms with Gasteiger partial charge in [-0.05, 0) is 35.0 Å². The second-order valence-electron chi connectivity index (χ2n) is 4.82. The molecule has 0 N–H and O–H groups in total. The number of methoxy groups -OCH3 is 1. The molecule has 0 radical (unpaired) electrons. The van der Waals surface area contributed by atoms with Gasteiger partial charge in [0.1, 0.15) is 18.0 Å². The van der Waals surface area contributed by atoms with E-state index in [0.29, 0.717) is 15.7 Å². The molecule has 110 valence electrons. The summed E-state index contributed by atoms with van der Waals surface area (Å²) in [6.45, 7) is 2.03. The monoisotopic (exact) mass is 355 g/mol. The molecular formula is C14H11BrFNO4. The SMILES string of the molecule is COC(=O)c1cc2c(F)cc(Br)c3c2n(c1=O)[C@@H](C)CO3. The molecular weight excluding hydrogens is 345 g/mol. The zero-order valence-corrected chi connectivity index (χ0v) is 12.9. The molecule has 1 atom stereocenters. The first-order valence-corrected chi connectivity index (χ1v) is 7.03. The molecule has 0 spiro atoms. The summed E-state index contributed by atoms with van der Waals surface area (Å²) >= 11 is 3.23. The van der Waals surface area contributed by atoms with Gasteiger partial charge in [0, 0.05) is 5.39 Å². The smallest absolute Gasteiger partial charge is 0.343 e. The summed E-state index contributed by atoms with van der Waals surface area (Å²) in [5, 5.41) is 0.153. The van der Waals surface area contributed by atoms with Crippen LogP contribution in [0.15, 0.2) is 21.4 Å². The third-order valence-electron chi connectivity index (χ3n) is 3.49. The second-order valence-corrected chi connectivity index (χ2v) is 5.67. The van der Waals surface area contributed by atoms with Crippen molar-refractivity contribution in [3.63, 3.8) is 0 Å². The largest absolute Gasteiger partial charge is 0.488 e. The zero-order chi connectivity index (χ0) is 15.3. The van der Waals surface area contributed by atoms with E-state index >= 15 is 0 Å². The van der Waals surface area contributed by atoms with Gasteiger partial charge in [0.15, 0.2) is 5.75 Å². The van der Waals surface area contributed by atoms with Crippen LogP contribution in [0.5, 0.6) is 5.75 Å². The van der Waals surface area contributed by atoms with Crippen LogP contribution in [0.25, 0.3) is 10.9 Å². The van der Waals surface area contributed by atoms with E-state index in [9.17, 15) is 14.0 Å². The van der Waals surface area contributed by atoms with E-state index < -0.39 is 17.3 Å². The van der Waals surface area contributed by atoms with Gasteiger partial charge in [-0.2, -0.15) is 0 Å². The number of carbonyl (C=O) groups excluding carboxylic acids is 1. The highest BCUT2D eigenvalue weighted by atomic mass is 79.9. The number of hydrogen-bond donors (Lipinski definition) is 0. The van der Waals surface area contributed by atoms with Crippen LogP contribution in [-0.4, -0.2) is 24.3 Å². The molecule has 0 saturated carbocycles. The first-order valence-electron chi connectivity index (χ1n) is 6.24. The summed E-state index contributed by atoms with van der Waals surface area (Å²) in [4.78, 5) is 24.2. The lowest BCUT2D eigenvalue weighted by atomic mass is 10.1. The van der Waals surface area contributed by atoms with Crippen molar-refractivity contribution in [2.24, 2.45) is 0 Å². The molecule has 0 amide bonds. The average molecular weight is 356 g/mol. The van der Waals surface area contributed by atoms with Crippen LogP contribution < -0.4 is 10.3 Å². The molecule has 1 aromatic carbocycles. The molecule has 5 nitrogen and oxygen atoms in total. The number of aromatic nitrogens is 1. The lowest BCUT2D eigenvalue weighted by Crippen LogP contribution is -2.34. The van der Waals surface area contributed by atoms with Gasteiger partial charge >= 0.3 is 5.97 Å². The molecule has 0 fully saturated rings. The van der Waals surface area contributed by atoms with Crippen LogP contribution in [0.2, 0.25) is 0 Å². The van der Waals surface area contributed by atoms with Gasteiger partial charge in [0.05, 0.1) is 23.1 Å². The van der Waals surface area contributed by atoms with Gasteiger partial charge in [0.2, 0.25) is 0 Å². The number of rotatable bonds is 1. The summed E-state index contributed by atoms with van der Waals surface area (Å²) in [6.07, 6.45) is 0.